The number of ether oxygens (including phenoxy) is 1. The van der Waals surface area contributed by atoms with Crippen LogP contribution in [-0.4, -0.2) is 30.5 Å². The Hall–Kier alpha value is -2.69. The highest BCUT2D eigenvalue weighted by Gasteiger charge is 2.33. The molecule has 3 rings (SSSR count). The van der Waals surface area contributed by atoms with Gasteiger partial charge in [-0.1, -0.05) is 17.7 Å². The van der Waals surface area contributed by atoms with Crippen LogP contribution in [0.15, 0.2) is 75.1 Å². The van der Waals surface area contributed by atoms with Crippen LogP contribution in [0.2, 0.25) is 0 Å². The van der Waals surface area contributed by atoms with E-state index >= 15 is 0 Å². The molecule has 0 fully saturated rings. The number of hydrogen-bond acceptors (Lipinski definition) is 6. The normalized spacial score (nSPS) is 13.2. The maximum Gasteiger partial charge on any atom is 0.240 e. The third kappa shape index (κ3) is 4.55. The number of sulfonamides is 1. The summed E-state index contributed by atoms with van der Waals surface area (Å²) in [7, 11) is -6.92. The second-order valence-corrected chi connectivity index (χ2v) is 10.4. The van der Waals surface area contributed by atoms with Gasteiger partial charge in [-0.25, -0.2) is 25.9 Å². The van der Waals surface area contributed by atoms with Crippen molar-refractivity contribution >= 4 is 19.9 Å². The van der Waals surface area contributed by atoms with Crippen molar-refractivity contribution in [3.63, 3.8) is 0 Å². The van der Waals surface area contributed by atoms with Gasteiger partial charge in [-0.15, -0.1) is 0 Å². The lowest BCUT2D eigenvalue weighted by molar-refractivity contribution is 0.385. The average Bonchev–Trinajstić information content (AvgIpc) is 3.22. The zero-order valence-electron chi connectivity index (χ0n) is 16.2. The van der Waals surface area contributed by atoms with Crippen molar-refractivity contribution in [1.29, 1.82) is 0 Å². The van der Waals surface area contributed by atoms with Crippen LogP contribution >= 0.6 is 0 Å². The van der Waals surface area contributed by atoms with Crippen LogP contribution in [0, 0.1) is 12.7 Å². The first-order valence-corrected chi connectivity index (χ1v) is 11.9. The number of benzene rings is 2. The molecule has 0 bridgehead atoms. The fourth-order valence-corrected chi connectivity index (χ4v) is 5.56. The monoisotopic (exact) mass is 453 g/mol. The number of aryl methyl sites for hydroxylation is 1. The standard InChI is InChI=1S/C20H20FNO6S2/c1-14-5-7-15(8-6-14)29(23,24)20(19-4-3-11-28-19)13-22-30(25,26)16-9-10-18(27-2)17(21)12-16/h3-12,20,22H,13H2,1-2H3/t20-/m0/s1. The van der Waals surface area contributed by atoms with Gasteiger partial charge in [-0.05, 0) is 49.4 Å². The SMILES string of the molecule is COc1ccc(S(=O)(=O)NC[C@@H](c2ccco2)S(=O)(=O)c2ccc(C)cc2)cc1F. The van der Waals surface area contributed by atoms with Gasteiger partial charge >= 0.3 is 0 Å². The van der Waals surface area contributed by atoms with Crippen LogP contribution in [0.5, 0.6) is 5.75 Å². The summed E-state index contributed by atoms with van der Waals surface area (Å²) in [6.45, 7) is 1.32. The molecule has 1 heterocycles. The largest absolute Gasteiger partial charge is 0.494 e. The van der Waals surface area contributed by atoms with Crippen LogP contribution in [0.25, 0.3) is 0 Å². The Morgan fingerprint density at radius 3 is 2.27 bits per heavy atom. The van der Waals surface area contributed by atoms with Crippen LogP contribution in [0.1, 0.15) is 16.6 Å². The van der Waals surface area contributed by atoms with Gasteiger partial charge in [0.05, 0.1) is 23.2 Å². The molecule has 1 aromatic heterocycles. The minimum absolute atomic E-state index is 0.0317. The highest BCUT2D eigenvalue weighted by molar-refractivity contribution is 7.92. The molecule has 30 heavy (non-hydrogen) atoms. The zero-order valence-corrected chi connectivity index (χ0v) is 17.8. The molecule has 160 valence electrons. The number of furan rings is 1. The lowest BCUT2D eigenvalue weighted by Gasteiger charge is -2.17. The maximum atomic E-state index is 13.9. The number of halogens is 1. The topological polar surface area (TPSA) is 103 Å². The Morgan fingerprint density at radius 1 is 1.03 bits per heavy atom. The van der Waals surface area contributed by atoms with Crippen molar-refractivity contribution in [1.82, 2.24) is 4.72 Å². The Kier molecular flexibility index (Phi) is 6.30. The van der Waals surface area contributed by atoms with Crippen LogP contribution in [0.3, 0.4) is 0 Å². The zero-order chi connectivity index (χ0) is 21.9. The molecule has 0 spiro atoms. The first-order valence-electron chi connectivity index (χ1n) is 8.82. The van der Waals surface area contributed by atoms with Crippen LogP contribution < -0.4 is 9.46 Å². The molecule has 3 aromatic rings. The van der Waals surface area contributed by atoms with Crippen molar-refractivity contribution in [2.75, 3.05) is 13.7 Å². The molecule has 1 atom stereocenters. The van der Waals surface area contributed by atoms with E-state index in [2.05, 4.69) is 4.72 Å². The molecule has 0 saturated carbocycles. The number of rotatable bonds is 8. The van der Waals surface area contributed by atoms with Gasteiger partial charge in [0.15, 0.2) is 21.4 Å². The van der Waals surface area contributed by atoms with E-state index in [9.17, 15) is 21.2 Å². The summed E-state index contributed by atoms with van der Waals surface area (Å²) in [5.41, 5.74) is 0.880. The fraction of sp³-hybridized carbons (Fsp3) is 0.200. The molecule has 0 aliphatic carbocycles. The molecule has 1 N–H and O–H groups in total. The van der Waals surface area contributed by atoms with E-state index in [1.165, 1.54) is 49.8 Å². The van der Waals surface area contributed by atoms with Crippen molar-refractivity contribution in [3.8, 4) is 5.75 Å². The van der Waals surface area contributed by atoms with Gasteiger partial charge in [-0.3, -0.25) is 0 Å². The van der Waals surface area contributed by atoms with Crippen molar-refractivity contribution < 1.29 is 30.4 Å². The van der Waals surface area contributed by atoms with Crippen molar-refractivity contribution in [3.05, 3.63) is 78.0 Å². The van der Waals surface area contributed by atoms with E-state index in [0.717, 1.165) is 11.6 Å². The van der Waals surface area contributed by atoms with E-state index in [1.54, 1.807) is 12.1 Å². The molecule has 10 heteroatoms. The van der Waals surface area contributed by atoms with Crippen LogP contribution in [-0.2, 0) is 19.9 Å². The van der Waals surface area contributed by atoms with Gasteiger partial charge in [0, 0.05) is 6.54 Å². The van der Waals surface area contributed by atoms with Gasteiger partial charge in [0.1, 0.15) is 11.0 Å². The number of hydrogen-bond donors (Lipinski definition) is 1. The maximum absolute atomic E-state index is 13.9. The summed E-state index contributed by atoms with van der Waals surface area (Å²) >= 11 is 0. The molecule has 0 unspecified atom stereocenters. The number of methoxy groups -OCH3 is 1. The molecule has 2 aromatic carbocycles. The van der Waals surface area contributed by atoms with Crippen LogP contribution in [0.4, 0.5) is 4.39 Å². The Morgan fingerprint density at radius 2 is 1.70 bits per heavy atom. The molecule has 7 nitrogen and oxygen atoms in total. The quantitative estimate of drug-likeness (QED) is 0.562. The number of sulfone groups is 1. The molecule has 0 radical (unpaired) electrons. The van der Waals surface area contributed by atoms with Gasteiger partial charge in [-0.2, -0.15) is 0 Å². The Labute approximate surface area is 174 Å². The summed E-state index contributed by atoms with van der Waals surface area (Å²) in [5.74, 6) is -0.876. The van der Waals surface area contributed by atoms with E-state index in [-0.39, 0.29) is 21.3 Å². The number of nitrogens with one attached hydrogen (secondary N) is 1. The lowest BCUT2D eigenvalue weighted by atomic mass is 10.2. The summed E-state index contributed by atoms with van der Waals surface area (Å²) in [5, 5.41) is -1.31. The summed E-state index contributed by atoms with van der Waals surface area (Å²) in [6.07, 6.45) is 1.31. The molecular formula is C20H20FNO6S2. The highest BCUT2D eigenvalue weighted by atomic mass is 32.2. The molecule has 0 amide bonds. The predicted molar refractivity (Wildman–Crippen MR) is 108 cm³/mol. The second-order valence-electron chi connectivity index (χ2n) is 6.51. The van der Waals surface area contributed by atoms with Crippen molar-refractivity contribution in [2.24, 2.45) is 0 Å². The molecule has 0 aliphatic heterocycles. The summed E-state index contributed by atoms with van der Waals surface area (Å²) in [6, 6.07) is 12.3. The second kappa shape index (κ2) is 8.58. The summed E-state index contributed by atoms with van der Waals surface area (Å²) in [4.78, 5) is -0.323. The predicted octanol–water partition coefficient (Wildman–Crippen LogP) is 3.23. The van der Waals surface area contributed by atoms with Gasteiger partial charge in [0.25, 0.3) is 0 Å². The van der Waals surface area contributed by atoms with E-state index in [4.69, 9.17) is 9.15 Å². The first kappa shape index (κ1) is 22.0. The summed E-state index contributed by atoms with van der Waals surface area (Å²) < 4.78 is 77.8. The Balaban J connectivity index is 1.91. The van der Waals surface area contributed by atoms with Gasteiger partial charge < -0.3 is 9.15 Å². The third-order valence-corrected chi connectivity index (χ3v) is 7.98. The smallest absolute Gasteiger partial charge is 0.240 e. The lowest BCUT2D eigenvalue weighted by Crippen LogP contribution is -2.32. The third-order valence-electron chi connectivity index (χ3n) is 4.48. The molecule has 0 saturated heterocycles. The minimum Gasteiger partial charge on any atom is -0.494 e. The Bertz CT molecular complexity index is 1220. The van der Waals surface area contributed by atoms with E-state index < -0.39 is 37.5 Å². The van der Waals surface area contributed by atoms with E-state index in [0.29, 0.717) is 0 Å². The van der Waals surface area contributed by atoms with E-state index in [1.807, 2.05) is 6.92 Å². The molecule has 0 aliphatic rings. The van der Waals surface area contributed by atoms with Crippen molar-refractivity contribution in [2.45, 2.75) is 22.0 Å². The minimum atomic E-state index is -4.19. The highest BCUT2D eigenvalue weighted by Crippen LogP contribution is 2.30. The molecular weight excluding hydrogens is 433 g/mol. The van der Waals surface area contributed by atoms with Gasteiger partial charge in [0.2, 0.25) is 10.0 Å². The first-order chi connectivity index (χ1) is 14.1. The average molecular weight is 454 g/mol. The fourth-order valence-electron chi connectivity index (χ4n) is 2.81.